The maximum atomic E-state index is 11.7. The second-order valence-electron chi connectivity index (χ2n) is 3.15. The van der Waals surface area contributed by atoms with E-state index < -0.39 is 13.0 Å². The third-order valence-corrected chi connectivity index (χ3v) is 1.81. The van der Waals surface area contributed by atoms with Crippen molar-refractivity contribution in [2.24, 2.45) is 5.73 Å². The molecule has 0 atom stereocenters. The van der Waals surface area contributed by atoms with Crippen molar-refractivity contribution in [2.45, 2.75) is 38.5 Å². The number of nitrogens with two attached hydrogens (primary N) is 1. The predicted molar refractivity (Wildman–Crippen MR) is 58.4 cm³/mol. The highest BCUT2D eigenvalue weighted by Gasteiger charge is 2.05. The Morgan fingerprint density at radius 2 is 1.80 bits per heavy atom. The van der Waals surface area contributed by atoms with E-state index in [4.69, 9.17) is 5.73 Å². The van der Waals surface area contributed by atoms with Gasteiger partial charge in [-0.05, 0) is 19.4 Å². The zero-order valence-corrected chi connectivity index (χ0v) is 9.49. The monoisotopic (exact) mass is 244 g/mol. The Hall–Kier alpha value is -0.420. The van der Waals surface area contributed by atoms with Crippen LogP contribution in [-0.2, 0) is 4.79 Å². The number of amides is 1. The van der Waals surface area contributed by atoms with Crippen LogP contribution in [0.3, 0.4) is 0 Å². The van der Waals surface area contributed by atoms with E-state index in [1.54, 1.807) is 0 Å². The number of unbranched alkanes of at least 4 members (excludes halogenated alkanes) is 3. The van der Waals surface area contributed by atoms with E-state index in [2.05, 4.69) is 5.32 Å². The topological polar surface area (TPSA) is 55.1 Å². The molecule has 0 aromatic heterocycles. The number of carbonyl (C=O) groups is 1. The van der Waals surface area contributed by atoms with E-state index in [0.717, 1.165) is 25.7 Å². The SMILES string of the molecule is Cl.NCCCCCCC(=O)NCC(F)F. The summed E-state index contributed by atoms with van der Waals surface area (Å²) in [4.78, 5) is 10.9. The van der Waals surface area contributed by atoms with E-state index in [0.29, 0.717) is 13.0 Å². The first-order chi connectivity index (χ1) is 6.66. The minimum atomic E-state index is -2.46. The summed E-state index contributed by atoms with van der Waals surface area (Å²) in [6.45, 7) is 0.124. The number of nitrogens with one attached hydrogen (secondary N) is 1. The van der Waals surface area contributed by atoms with Crippen molar-refractivity contribution >= 4 is 18.3 Å². The van der Waals surface area contributed by atoms with Crippen molar-refractivity contribution in [1.29, 1.82) is 0 Å². The summed E-state index contributed by atoms with van der Waals surface area (Å²) in [5.41, 5.74) is 5.29. The standard InChI is InChI=1S/C9H18F2N2O.ClH/c10-8(11)7-13-9(14)5-3-1-2-4-6-12;/h8H,1-7,12H2,(H,13,14);1H. The van der Waals surface area contributed by atoms with Gasteiger partial charge in [0.05, 0.1) is 6.54 Å². The van der Waals surface area contributed by atoms with Crippen molar-refractivity contribution in [3.8, 4) is 0 Å². The molecule has 0 bridgehead atoms. The summed E-state index contributed by atoms with van der Waals surface area (Å²) < 4.78 is 23.3. The van der Waals surface area contributed by atoms with Gasteiger partial charge in [0, 0.05) is 6.42 Å². The van der Waals surface area contributed by atoms with Crippen molar-refractivity contribution in [3.05, 3.63) is 0 Å². The minimum Gasteiger partial charge on any atom is -0.350 e. The lowest BCUT2D eigenvalue weighted by Gasteiger charge is -2.03. The van der Waals surface area contributed by atoms with Gasteiger partial charge in [-0.25, -0.2) is 8.78 Å². The maximum Gasteiger partial charge on any atom is 0.255 e. The Bertz CT molecular complexity index is 159. The Kier molecular flexibility index (Phi) is 13.2. The minimum absolute atomic E-state index is 0. The van der Waals surface area contributed by atoms with Crippen LogP contribution in [0.15, 0.2) is 0 Å². The van der Waals surface area contributed by atoms with Crippen LogP contribution in [-0.4, -0.2) is 25.4 Å². The molecule has 1 amide bonds. The predicted octanol–water partition coefficient (Wildman–Crippen LogP) is 1.70. The van der Waals surface area contributed by atoms with E-state index in [1.165, 1.54) is 0 Å². The van der Waals surface area contributed by atoms with Crippen LogP contribution < -0.4 is 11.1 Å². The van der Waals surface area contributed by atoms with Crippen LogP contribution in [0.4, 0.5) is 8.78 Å². The molecule has 0 heterocycles. The lowest BCUT2D eigenvalue weighted by atomic mass is 10.1. The molecule has 0 radical (unpaired) electrons. The first-order valence-electron chi connectivity index (χ1n) is 4.91. The van der Waals surface area contributed by atoms with Crippen LogP contribution in [0, 0.1) is 0 Å². The maximum absolute atomic E-state index is 11.7. The van der Waals surface area contributed by atoms with Crippen LogP contribution >= 0.6 is 12.4 Å². The summed E-state index contributed by atoms with van der Waals surface area (Å²) in [6, 6.07) is 0. The molecular formula is C9H19ClF2N2O. The third kappa shape index (κ3) is 13.6. The molecular weight excluding hydrogens is 226 g/mol. The molecule has 6 heteroatoms. The van der Waals surface area contributed by atoms with E-state index >= 15 is 0 Å². The van der Waals surface area contributed by atoms with Gasteiger partial charge < -0.3 is 11.1 Å². The summed E-state index contributed by atoms with van der Waals surface area (Å²) in [7, 11) is 0. The van der Waals surface area contributed by atoms with Crippen molar-refractivity contribution in [2.75, 3.05) is 13.1 Å². The Balaban J connectivity index is 0. The summed E-state index contributed by atoms with van der Waals surface area (Å²) >= 11 is 0. The van der Waals surface area contributed by atoms with Gasteiger partial charge in [0.1, 0.15) is 0 Å². The highest BCUT2D eigenvalue weighted by atomic mass is 35.5. The molecule has 15 heavy (non-hydrogen) atoms. The quantitative estimate of drug-likeness (QED) is 0.639. The fraction of sp³-hybridized carbons (Fsp3) is 0.889. The number of carbonyl (C=O) groups excluding carboxylic acids is 1. The molecule has 0 unspecified atom stereocenters. The lowest BCUT2D eigenvalue weighted by Crippen LogP contribution is -2.28. The van der Waals surface area contributed by atoms with Crippen molar-refractivity contribution < 1.29 is 13.6 Å². The number of rotatable bonds is 8. The zero-order valence-electron chi connectivity index (χ0n) is 8.68. The fourth-order valence-corrected chi connectivity index (χ4v) is 1.06. The number of hydrogen-bond acceptors (Lipinski definition) is 2. The number of halogens is 3. The Morgan fingerprint density at radius 3 is 2.33 bits per heavy atom. The Morgan fingerprint density at radius 1 is 1.20 bits per heavy atom. The summed E-state index contributed by atoms with van der Waals surface area (Å²) in [5.74, 6) is -0.293. The summed E-state index contributed by atoms with van der Waals surface area (Å²) in [5, 5.41) is 2.16. The number of alkyl halides is 2. The van der Waals surface area contributed by atoms with E-state index in [9.17, 15) is 13.6 Å². The summed E-state index contributed by atoms with van der Waals surface area (Å²) in [6.07, 6.45) is 1.50. The van der Waals surface area contributed by atoms with E-state index in [1.807, 2.05) is 0 Å². The molecule has 0 aromatic carbocycles. The molecule has 0 aliphatic carbocycles. The van der Waals surface area contributed by atoms with Gasteiger partial charge in [-0.15, -0.1) is 12.4 Å². The molecule has 3 N–H and O–H groups in total. The molecule has 0 aliphatic rings. The second kappa shape index (κ2) is 11.7. The first-order valence-corrected chi connectivity index (χ1v) is 4.91. The van der Waals surface area contributed by atoms with Gasteiger partial charge in [-0.3, -0.25) is 4.79 Å². The van der Waals surface area contributed by atoms with Crippen LogP contribution in [0.25, 0.3) is 0 Å². The molecule has 0 spiro atoms. The van der Waals surface area contributed by atoms with Crippen molar-refractivity contribution in [3.63, 3.8) is 0 Å². The lowest BCUT2D eigenvalue weighted by molar-refractivity contribution is -0.121. The first kappa shape index (κ1) is 17.0. The smallest absolute Gasteiger partial charge is 0.255 e. The van der Waals surface area contributed by atoms with Gasteiger partial charge >= 0.3 is 0 Å². The molecule has 3 nitrogen and oxygen atoms in total. The molecule has 0 aromatic rings. The molecule has 0 rings (SSSR count). The Labute approximate surface area is 95.2 Å². The van der Waals surface area contributed by atoms with Gasteiger partial charge in [0.15, 0.2) is 0 Å². The number of hydrogen-bond donors (Lipinski definition) is 2. The highest BCUT2D eigenvalue weighted by molar-refractivity contribution is 5.85. The third-order valence-electron chi connectivity index (χ3n) is 1.81. The molecule has 0 aliphatic heterocycles. The van der Waals surface area contributed by atoms with E-state index in [-0.39, 0.29) is 18.3 Å². The van der Waals surface area contributed by atoms with Gasteiger partial charge in [-0.1, -0.05) is 12.8 Å². The van der Waals surface area contributed by atoms with Crippen molar-refractivity contribution in [1.82, 2.24) is 5.32 Å². The largest absolute Gasteiger partial charge is 0.350 e. The van der Waals surface area contributed by atoms with Crippen LogP contribution in [0.1, 0.15) is 32.1 Å². The van der Waals surface area contributed by atoms with Crippen LogP contribution in [0.2, 0.25) is 0 Å². The van der Waals surface area contributed by atoms with Gasteiger partial charge in [0.2, 0.25) is 5.91 Å². The van der Waals surface area contributed by atoms with Crippen LogP contribution in [0.5, 0.6) is 0 Å². The zero-order chi connectivity index (χ0) is 10.8. The highest BCUT2D eigenvalue weighted by Crippen LogP contribution is 2.02. The average Bonchev–Trinajstić information content (AvgIpc) is 2.14. The molecule has 0 saturated carbocycles. The van der Waals surface area contributed by atoms with Gasteiger partial charge in [0.25, 0.3) is 6.43 Å². The normalized spacial score (nSPS) is 9.87. The average molecular weight is 245 g/mol. The molecule has 92 valence electrons. The second-order valence-corrected chi connectivity index (χ2v) is 3.15. The fourth-order valence-electron chi connectivity index (χ4n) is 1.06. The molecule has 0 fully saturated rings. The van der Waals surface area contributed by atoms with Gasteiger partial charge in [-0.2, -0.15) is 0 Å². The molecule has 0 saturated heterocycles.